The molecule has 0 saturated heterocycles. The fourth-order valence-corrected chi connectivity index (χ4v) is 3.12. The second-order valence-electron chi connectivity index (χ2n) is 6.03. The van der Waals surface area contributed by atoms with E-state index in [-0.39, 0.29) is 0 Å². The molecule has 2 heterocycles. The molecule has 0 aliphatic carbocycles. The van der Waals surface area contributed by atoms with Crippen LogP contribution in [0.25, 0.3) is 24.3 Å². The zero-order valence-corrected chi connectivity index (χ0v) is 16.6. The molecule has 2 rings (SSSR count). The Morgan fingerprint density at radius 1 is 0.692 bits per heavy atom. The molecule has 0 atom stereocenters. The summed E-state index contributed by atoms with van der Waals surface area (Å²) >= 11 is 0. The third-order valence-corrected chi connectivity index (χ3v) is 3.94. The van der Waals surface area contributed by atoms with Crippen LogP contribution in [0.15, 0.2) is 24.3 Å². The zero-order valence-electron chi connectivity index (χ0n) is 16.6. The summed E-state index contributed by atoms with van der Waals surface area (Å²) in [5.74, 6) is 0. The predicted octanol–water partition coefficient (Wildman–Crippen LogP) is -0.153. The predicted molar refractivity (Wildman–Crippen MR) is 122 cm³/mol. The first-order chi connectivity index (χ1) is 12.5. The summed E-state index contributed by atoms with van der Waals surface area (Å²) in [6.45, 7) is 8.17. The zero-order chi connectivity index (χ0) is 19.1. The van der Waals surface area contributed by atoms with Gasteiger partial charge in [0, 0.05) is 22.5 Å². The molecule has 0 aromatic carbocycles. The number of hydrogen-bond acceptors (Lipinski definition) is 3. The lowest BCUT2D eigenvalue weighted by Gasteiger charge is -2.09. The van der Waals surface area contributed by atoms with Gasteiger partial charge in [0.25, 0.3) is 0 Å². The molecule has 0 spiro atoms. The molecule has 0 fully saturated rings. The maximum absolute atomic E-state index is 4.54. The molecule has 0 aliphatic rings. The Morgan fingerprint density at radius 2 is 1.12 bits per heavy atom. The molecule has 0 amide bonds. The van der Waals surface area contributed by atoms with Gasteiger partial charge in [-0.25, -0.2) is 15.0 Å². The second-order valence-corrected chi connectivity index (χ2v) is 6.03. The van der Waals surface area contributed by atoms with Gasteiger partial charge in [0.15, 0.2) is 15.7 Å². The third-order valence-electron chi connectivity index (χ3n) is 3.94. The summed E-state index contributed by atoms with van der Waals surface area (Å²) in [6.07, 6.45) is 16.9. The van der Waals surface area contributed by atoms with Gasteiger partial charge in [-0.1, -0.05) is 36.5 Å². The van der Waals surface area contributed by atoms with E-state index in [9.17, 15) is 0 Å². The first kappa shape index (κ1) is 19.8. The van der Waals surface area contributed by atoms with Crippen molar-refractivity contribution >= 4 is 64.6 Å². The van der Waals surface area contributed by atoms with Gasteiger partial charge < -0.3 is 4.48 Å². The monoisotopic (exact) mass is 342 g/mol. The van der Waals surface area contributed by atoms with Crippen molar-refractivity contribution < 1.29 is 0 Å². The van der Waals surface area contributed by atoms with E-state index in [2.05, 4.69) is 68.0 Å². The average molecular weight is 342 g/mol. The van der Waals surface area contributed by atoms with E-state index in [1.165, 1.54) is 11.1 Å². The molecule has 0 aliphatic heterocycles. The Labute approximate surface area is 159 Å². The van der Waals surface area contributed by atoms with Crippen LogP contribution < -0.4 is 17.2 Å². The lowest BCUT2D eigenvalue weighted by molar-refractivity contribution is 1.14. The van der Waals surface area contributed by atoms with Crippen LogP contribution in [-0.2, 0) is 0 Å². The van der Waals surface area contributed by atoms with Gasteiger partial charge in [-0.2, -0.15) is 0 Å². The molecule has 2 aromatic rings. The molecule has 0 N–H and O–H groups in total. The van der Waals surface area contributed by atoms with E-state index in [1.54, 1.807) is 0 Å². The number of nitrogens with zero attached hydrogens (tertiary/aromatic N) is 4. The highest BCUT2D eigenvalue weighted by molar-refractivity contribution is 6.51. The molecule has 26 heavy (non-hydrogen) atoms. The Balaban J connectivity index is 2.77. The van der Waals surface area contributed by atoms with E-state index in [4.69, 9.17) is 0 Å². The van der Waals surface area contributed by atoms with Crippen LogP contribution in [0.5, 0.6) is 0 Å². The van der Waals surface area contributed by atoms with Crippen LogP contribution >= 0.6 is 0 Å². The highest BCUT2D eigenvalue weighted by Crippen LogP contribution is 2.28. The average Bonchev–Trinajstić information content (AvgIpc) is 2.82. The van der Waals surface area contributed by atoms with E-state index < -0.39 is 0 Å². The van der Waals surface area contributed by atoms with Crippen molar-refractivity contribution in [2.75, 3.05) is 0 Å². The maximum Gasteiger partial charge on any atom is 0.321 e. The van der Waals surface area contributed by atoms with E-state index in [1.807, 2.05) is 43.4 Å². The van der Waals surface area contributed by atoms with Crippen molar-refractivity contribution in [1.29, 1.82) is 0 Å². The Kier molecular flexibility index (Phi) is 7.02. The molecule has 7 heteroatoms. The topological polar surface area (TPSA) is 43.6 Å². The molecular formula is C19H25B3N4. The molecule has 0 bridgehead atoms. The minimum atomic E-state index is 0.603. The van der Waals surface area contributed by atoms with Crippen LogP contribution in [0, 0.1) is 0 Å². The molecule has 0 radical (unpaired) electrons. The van der Waals surface area contributed by atoms with Crippen molar-refractivity contribution in [1.82, 2.24) is 19.4 Å². The highest BCUT2D eigenvalue weighted by Gasteiger charge is 2.18. The van der Waals surface area contributed by atoms with Crippen molar-refractivity contribution in [3.8, 4) is 0 Å². The van der Waals surface area contributed by atoms with Gasteiger partial charge in [0.1, 0.15) is 5.72 Å². The van der Waals surface area contributed by atoms with Gasteiger partial charge in [0.05, 0.1) is 11.4 Å². The van der Waals surface area contributed by atoms with Crippen LogP contribution in [0.4, 0.5) is 0 Å². The lowest BCUT2D eigenvalue weighted by atomic mass is 9.90. The smallest absolute Gasteiger partial charge is 0.321 e. The standard InChI is InChI=1S/C19H25B3N4/c1-5-9-13-14(10-6-2)16(12-8-4)26(15(13)11-7-3)22-19-24-17(20)23-18(21)25-19/h5-12,22H,20-21H2,1-4H3/b9-5-,10-6-,11-7-,12-8-. The maximum atomic E-state index is 4.54. The van der Waals surface area contributed by atoms with Crippen LogP contribution in [0.3, 0.4) is 0 Å². The van der Waals surface area contributed by atoms with E-state index in [0.717, 1.165) is 28.6 Å². The van der Waals surface area contributed by atoms with Crippen LogP contribution in [0.1, 0.15) is 50.2 Å². The Hall–Kier alpha value is -2.56. The fourth-order valence-electron chi connectivity index (χ4n) is 3.12. The van der Waals surface area contributed by atoms with E-state index >= 15 is 0 Å². The van der Waals surface area contributed by atoms with Crippen molar-refractivity contribution in [2.45, 2.75) is 27.7 Å². The summed E-state index contributed by atoms with van der Waals surface area (Å²) in [5.41, 5.74) is 7.01. The van der Waals surface area contributed by atoms with Crippen molar-refractivity contribution in [3.63, 3.8) is 0 Å². The van der Waals surface area contributed by atoms with Crippen molar-refractivity contribution in [3.05, 3.63) is 46.8 Å². The summed E-state index contributed by atoms with van der Waals surface area (Å²) < 4.78 is 2.28. The molecule has 2 aromatic heterocycles. The molecule has 4 nitrogen and oxygen atoms in total. The third kappa shape index (κ3) is 4.34. The summed E-state index contributed by atoms with van der Waals surface area (Å²) in [7, 11) is 4.42. The second kappa shape index (κ2) is 9.23. The van der Waals surface area contributed by atoms with Gasteiger partial charge in [-0.3, -0.25) is 0 Å². The fraction of sp³-hybridized carbons (Fsp3) is 0.211. The summed E-state index contributed by atoms with van der Waals surface area (Å²) in [5, 5.41) is 0. The number of allylic oxidation sites excluding steroid dienone is 4. The summed E-state index contributed by atoms with van der Waals surface area (Å²) in [6, 6.07) is 0. The van der Waals surface area contributed by atoms with Crippen LogP contribution in [0.2, 0.25) is 0 Å². The number of hydrogen-bond donors (Lipinski definition) is 0. The molecule has 130 valence electrons. The SMILES string of the molecule is Bc1nc(B)nc(Bn2c(/C=C\C)c(/C=C\C)c(/C=C\C)c2/C=C\C)n1. The van der Waals surface area contributed by atoms with Gasteiger partial charge >= 0.3 is 7.41 Å². The van der Waals surface area contributed by atoms with Gasteiger partial charge in [-0.05, 0) is 39.8 Å². The number of rotatable bonds is 6. The molecule has 0 saturated carbocycles. The first-order valence-electron chi connectivity index (χ1n) is 9.01. The van der Waals surface area contributed by atoms with Crippen LogP contribution in [-0.4, -0.2) is 42.5 Å². The highest BCUT2D eigenvalue weighted by atomic mass is 15.0. The minimum Gasteiger partial charge on any atom is -0.380 e. The number of aromatic nitrogens is 4. The quantitative estimate of drug-likeness (QED) is 0.686. The molecular weight excluding hydrogens is 317 g/mol. The van der Waals surface area contributed by atoms with E-state index in [0.29, 0.717) is 7.41 Å². The largest absolute Gasteiger partial charge is 0.380 e. The Bertz CT molecular complexity index is 827. The summed E-state index contributed by atoms with van der Waals surface area (Å²) in [4.78, 5) is 13.4. The Morgan fingerprint density at radius 3 is 1.50 bits per heavy atom. The first-order valence-corrected chi connectivity index (χ1v) is 9.01. The van der Waals surface area contributed by atoms with Crippen molar-refractivity contribution in [2.24, 2.45) is 0 Å². The normalized spacial score (nSPS) is 12.3. The van der Waals surface area contributed by atoms with Gasteiger partial charge in [0.2, 0.25) is 0 Å². The van der Waals surface area contributed by atoms with Gasteiger partial charge in [-0.15, -0.1) is 0 Å². The minimum absolute atomic E-state index is 0.603. The lowest BCUT2D eigenvalue weighted by Crippen LogP contribution is -2.42. The molecule has 0 unspecified atom stereocenters.